The molecule has 3 rings (SSSR count). The first-order chi connectivity index (χ1) is 10.3. The molecule has 2 aromatic rings. The summed E-state index contributed by atoms with van der Waals surface area (Å²) in [4.78, 5) is 12.2. The van der Waals surface area contributed by atoms with Gasteiger partial charge in [0.05, 0.1) is 11.2 Å². The van der Waals surface area contributed by atoms with Gasteiger partial charge in [-0.25, -0.2) is 15.0 Å². The van der Waals surface area contributed by atoms with E-state index in [1.165, 1.54) is 12.3 Å². The lowest BCUT2D eigenvalue weighted by molar-refractivity contribution is 0.00578. The molecule has 1 fully saturated rings. The Morgan fingerprint density at radius 2 is 1.50 bits per heavy atom. The molecule has 3 heterocycles. The molecule has 0 atom stereocenters. The molecule has 5 nitrogen and oxygen atoms in total. The van der Waals surface area contributed by atoms with Crippen LogP contribution >= 0.6 is 0 Å². The number of hydrogen-bond acceptors (Lipinski definition) is 5. The van der Waals surface area contributed by atoms with Gasteiger partial charge in [-0.15, -0.1) is 0 Å². The normalized spacial score (nSPS) is 19.4. The van der Waals surface area contributed by atoms with Crippen LogP contribution in [0.4, 0.5) is 4.39 Å². The third-order valence-corrected chi connectivity index (χ3v) is 4.18. The summed E-state index contributed by atoms with van der Waals surface area (Å²) in [5.41, 5.74) is 0.591. The van der Waals surface area contributed by atoms with Gasteiger partial charge in [-0.2, -0.15) is 4.39 Å². The van der Waals surface area contributed by atoms with E-state index in [-0.39, 0.29) is 0 Å². The zero-order valence-electron chi connectivity index (χ0n) is 13.0. The van der Waals surface area contributed by atoms with E-state index in [0.29, 0.717) is 11.4 Å². The highest BCUT2D eigenvalue weighted by Gasteiger charge is 2.51. The summed E-state index contributed by atoms with van der Waals surface area (Å²) in [5.74, 6) is -0.0506. The fourth-order valence-electron chi connectivity index (χ4n) is 2.10. The Bertz CT molecular complexity index is 658. The minimum Gasteiger partial charge on any atom is -0.399 e. The van der Waals surface area contributed by atoms with Crippen molar-refractivity contribution in [2.24, 2.45) is 0 Å². The van der Waals surface area contributed by atoms with Gasteiger partial charge in [0, 0.05) is 29.6 Å². The Morgan fingerprint density at radius 1 is 0.909 bits per heavy atom. The van der Waals surface area contributed by atoms with Gasteiger partial charge >= 0.3 is 7.12 Å². The van der Waals surface area contributed by atoms with Crippen LogP contribution in [0.25, 0.3) is 11.4 Å². The van der Waals surface area contributed by atoms with Crippen LogP contribution in [0.5, 0.6) is 0 Å². The molecule has 1 aliphatic rings. The molecule has 0 unspecified atom stereocenters. The monoisotopic (exact) mass is 301 g/mol. The Balaban J connectivity index is 1.82. The first kappa shape index (κ1) is 15.1. The van der Waals surface area contributed by atoms with E-state index in [2.05, 4.69) is 15.0 Å². The Kier molecular flexibility index (Phi) is 3.49. The molecule has 1 aliphatic heterocycles. The van der Waals surface area contributed by atoms with E-state index < -0.39 is 24.3 Å². The van der Waals surface area contributed by atoms with Crippen LogP contribution in [-0.4, -0.2) is 33.3 Å². The van der Waals surface area contributed by atoms with Gasteiger partial charge in [-0.05, 0) is 39.8 Å². The average Bonchev–Trinajstić information content (AvgIpc) is 2.68. The zero-order valence-corrected chi connectivity index (χ0v) is 13.0. The quantitative estimate of drug-likeness (QED) is 0.627. The van der Waals surface area contributed by atoms with Gasteiger partial charge in [-0.3, -0.25) is 0 Å². The van der Waals surface area contributed by atoms with Crippen molar-refractivity contribution in [3.8, 4) is 11.4 Å². The molecule has 2 aromatic heterocycles. The first-order valence-electron chi connectivity index (χ1n) is 7.08. The summed E-state index contributed by atoms with van der Waals surface area (Å²) in [5, 5.41) is 0. The van der Waals surface area contributed by atoms with Crippen LogP contribution in [0.2, 0.25) is 0 Å². The van der Waals surface area contributed by atoms with Gasteiger partial charge < -0.3 is 9.31 Å². The third kappa shape index (κ3) is 2.62. The summed E-state index contributed by atoms with van der Waals surface area (Å²) in [6, 6.07) is 2.87. The van der Waals surface area contributed by atoms with Crippen molar-refractivity contribution in [3.05, 3.63) is 36.7 Å². The summed E-state index contributed by atoms with van der Waals surface area (Å²) in [6.07, 6.45) is 4.72. The highest BCUT2D eigenvalue weighted by atomic mass is 19.1. The van der Waals surface area contributed by atoms with Crippen molar-refractivity contribution >= 4 is 12.6 Å². The van der Waals surface area contributed by atoms with Crippen molar-refractivity contribution in [3.63, 3.8) is 0 Å². The molecule has 0 aliphatic carbocycles. The Labute approximate surface area is 129 Å². The molecule has 1 saturated heterocycles. The maximum absolute atomic E-state index is 12.8. The van der Waals surface area contributed by atoms with Gasteiger partial charge in [-0.1, -0.05) is 0 Å². The maximum atomic E-state index is 12.8. The molecular formula is C15H17BFN3O2. The standard InChI is InChI=1S/C15H17BFN3O2/c1-14(2)15(3,4)22-16(21-14)11-8-19-13(20-9-11)10-5-6-12(17)18-7-10/h5-9H,1-4H3. The van der Waals surface area contributed by atoms with Crippen molar-refractivity contribution in [2.45, 2.75) is 38.9 Å². The van der Waals surface area contributed by atoms with Gasteiger partial charge in [0.15, 0.2) is 5.82 Å². The van der Waals surface area contributed by atoms with Crippen molar-refractivity contribution in [1.29, 1.82) is 0 Å². The topological polar surface area (TPSA) is 57.1 Å². The van der Waals surface area contributed by atoms with Crippen LogP contribution in [0, 0.1) is 5.95 Å². The zero-order chi connectivity index (χ0) is 16.0. The number of hydrogen-bond donors (Lipinski definition) is 0. The van der Waals surface area contributed by atoms with Crippen LogP contribution in [0.3, 0.4) is 0 Å². The van der Waals surface area contributed by atoms with Crippen LogP contribution in [0.15, 0.2) is 30.7 Å². The molecule has 7 heteroatoms. The largest absolute Gasteiger partial charge is 0.498 e. The van der Waals surface area contributed by atoms with Crippen LogP contribution < -0.4 is 5.46 Å². The summed E-state index contributed by atoms with van der Waals surface area (Å²) in [7, 11) is -0.495. The highest BCUT2D eigenvalue weighted by molar-refractivity contribution is 6.61. The minimum absolute atomic E-state index is 0.406. The number of halogens is 1. The number of aromatic nitrogens is 3. The molecule has 0 saturated carbocycles. The van der Waals surface area contributed by atoms with E-state index in [4.69, 9.17) is 9.31 Å². The molecule has 0 N–H and O–H groups in total. The van der Waals surface area contributed by atoms with Crippen molar-refractivity contribution in [1.82, 2.24) is 15.0 Å². The fraction of sp³-hybridized carbons (Fsp3) is 0.400. The number of rotatable bonds is 2. The SMILES string of the molecule is CC1(C)OB(c2cnc(-c3ccc(F)nc3)nc2)OC1(C)C. The lowest BCUT2D eigenvalue weighted by Crippen LogP contribution is -2.41. The Hall–Kier alpha value is -1.86. The van der Waals surface area contributed by atoms with Crippen molar-refractivity contribution < 1.29 is 13.7 Å². The second kappa shape index (κ2) is 5.10. The molecule has 0 bridgehead atoms. The molecule has 0 radical (unpaired) electrons. The first-order valence-corrected chi connectivity index (χ1v) is 7.08. The smallest absolute Gasteiger partial charge is 0.399 e. The van der Waals surface area contributed by atoms with E-state index in [1.54, 1.807) is 18.5 Å². The molecule has 0 amide bonds. The summed E-state index contributed by atoms with van der Waals surface area (Å²) in [6.45, 7) is 7.97. The molecule has 114 valence electrons. The molecule has 22 heavy (non-hydrogen) atoms. The second-order valence-corrected chi connectivity index (χ2v) is 6.30. The predicted octanol–water partition coefficient (Wildman–Crippen LogP) is 1.98. The maximum Gasteiger partial charge on any atom is 0.498 e. The molecule has 0 spiro atoms. The average molecular weight is 301 g/mol. The van der Waals surface area contributed by atoms with Gasteiger partial charge in [0.2, 0.25) is 5.95 Å². The van der Waals surface area contributed by atoms with Crippen molar-refractivity contribution in [2.75, 3.05) is 0 Å². The highest BCUT2D eigenvalue weighted by Crippen LogP contribution is 2.36. The predicted molar refractivity (Wildman–Crippen MR) is 80.9 cm³/mol. The van der Waals surface area contributed by atoms with Crippen LogP contribution in [-0.2, 0) is 9.31 Å². The van der Waals surface area contributed by atoms with E-state index in [9.17, 15) is 4.39 Å². The van der Waals surface area contributed by atoms with Gasteiger partial charge in [0.25, 0.3) is 0 Å². The number of pyridine rings is 1. The second-order valence-electron chi connectivity index (χ2n) is 6.30. The lowest BCUT2D eigenvalue weighted by atomic mass is 9.81. The van der Waals surface area contributed by atoms with Crippen LogP contribution in [0.1, 0.15) is 27.7 Å². The number of nitrogens with zero attached hydrogens (tertiary/aromatic N) is 3. The fourth-order valence-corrected chi connectivity index (χ4v) is 2.10. The Morgan fingerprint density at radius 3 is 2.00 bits per heavy atom. The van der Waals surface area contributed by atoms with E-state index in [0.717, 1.165) is 5.46 Å². The molecular weight excluding hydrogens is 284 g/mol. The van der Waals surface area contributed by atoms with E-state index >= 15 is 0 Å². The van der Waals surface area contributed by atoms with E-state index in [1.807, 2.05) is 27.7 Å². The van der Waals surface area contributed by atoms with Gasteiger partial charge in [0.1, 0.15) is 0 Å². The lowest BCUT2D eigenvalue weighted by Gasteiger charge is -2.32. The third-order valence-electron chi connectivity index (χ3n) is 4.18. The molecule has 0 aromatic carbocycles. The summed E-state index contributed by atoms with van der Waals surface area (Å²) >= 11 is 0. The minimum atomic E-state index is -0.530. The summed E-state index contributed by atoms with van der Waals surface area (Å²) < 4.78 is 24.7.